The quantitative estimate of drug-likeness (QED) is 0.642. The van der Waals surface area contributed by atoms with Crippen LogP contribution in [0.1, 0.15) is 15.4 Å². The molecule has 5 heteroatoms. The van der Waals surface area contributed by atoms with E-state index < -0.39 is 0 Å². The highest BCUT2D eigenvalue weighted by Crippen LogP contribution is 2.27. The molecule has 1 aromatic heterocycles. The van der Waals surface area contributed by atoms with Gasteiger partial charge in [0.15, 0.2) is 10.8 Å². The van der Waals surface area contributed by atoms with Crippen molar-refractivity contribution in [3.63, 3.8) is 0 Å². The van der Waals surface area contributed by atoms with Gasteiger partial charge in [0, 0.05) is 6.42 Å². The van der Waals surface area contributed by atoms with Gasteiger partial charge in [0.25, 0.3) is 0 Å². The monoisotopic (exact) mass is 361 g/mol. The fraction of sp³-hybridized carbons (Fsp3) is 0.125. The predicted octanol–water partition coefficient (Wildman–Crippen LogP) is 4.49. The summed E-state index contributed by atoms with van der Waals surface area (Å²) in [7, 11) is 1.62. The van der Waals surface area contributed by atoms with Gasteiger partial charge in [-0.3, -0.25) is 4.79 Å². The summed E-state index contributed by atoms with van der Waals surface area (Å²) in [5.41, 5.74) is 1.81. The van der Waals surface area contributed by atoms with Crippen LogP contribution in [0.4, 0.5) is 0 Å². The first-order valence-corrected chi connectivity index (χ1v) is 7.99. The van der Waals surface area contributed by atoms with Gasteiger partial charge >= 0.3 is 0 Å². The summed E-state index contributed by atoms with van der Waals surface area (Å²) in [5, 5.41) is 0.558. The molecule has 106 valence electrons. The minimum atomic E-state index is 0.0354. The first-order chi connectivity index (χ1) is 10.2. The molecule has 0 atom stereocenters. The summed E-state index contributed by atoms with van der Waals surface area (Å²) in [6.07, 6.45) is 0.336. The van der Waals surface area contributed by atoms with Gasteiger partial charge in [0.1, 0.15) is 5.75 Å². The zero-order valence-electron chi connectivity index (χ0n) is 11.3. The van der Waals surface area contributed by atoms with Gasteiger partial charge in [-0.1, -0.05) is 18.2 Å². The molecule has 21 heavy (non-hydrogen) atoms. The lowest BCUT2D eigenvalue weighted by Gasteiger charge is -2.05. The lowest BCUT2D eigenvalue weighted by molar-refractivity contribution is 0.0993. The first-order valence-electron chi connectivity index (χ1n) is 6.38. The van der Waals surface area contributed by atoms with Crippen LogP contribution in [0.15, 0.2) is 46.9 Å². The van der Waals surface area contributed by atoms with E-state index in [2.05, 4.69) is 20.9 Å². The van der Waals surface area contributed by atoms with Crippen LogP contribution in [0.3, 0.4) is 0 Å². The molecule has 0 N–H and O–H groups in total. The Balaban J connectivity index is 1.84. The van der Waals surface area contributed by atoms with Crippen molar-refractivity contribution < 1.29 is 9.53 Å². The molecule has 3 rings (SSSR count). The van der Waals surface area contributed by atoms with Gasteiger partial charge in [-0.25, -0.2) is 4.98 Å². The number of carbonyl (C=O) groups excluding carboxylic acids is 1. The number of methoxy groups -OCH3 is 1. The Morgan fingerprint density at radius 1 is 1.29 bits per heavy atom. The topological polar surface area (TPSA) is 39.2 Å². The van der Waals surface area contributed by atoms with Crippen LogP contribution in [0, 0.1) is 0 Å². The lowest BCUT2D eigenvalue weighted by atomic mass is 10.1. The van der Waals surface area contributed by atoms with Crippen molar-refractivity contribution in [2.75, 3.05) is 7.11 Å². The summed E-state index contributed by atoms with van der Waals surface area (Å²) in [6.45, 7) is 0. The third-order valence-electron chi connectivity index (χ3n) is 3.11. The lowest BCUT2D eigenvalue weighted by Crippen LogP contribution is -2.03. The van der Waals surface area contributed by atoms with E-state index in [-0.39, 0.29) is 5.78 Å². The largest absolute Gasteiger partial charge is 0.496 e. The van der Waals surface area contributed by atoms with E-state index >= 15 is 0 Å². The predicted molar refractivity (Wildman–Crippen MR) is 88.3 cm³/mol. The number of thiazole rings is 1. The van der Waals surface area contributed by atoms with Crippen molar-refractivity contribution >= 4 is 43.3 Å². The minimum Gasteiger partial charge on any atom is -0.496 e. The van der Waals surface area contributed by atoms with E-state index in [9.17, 15) is 4.79 Å². The van der Waals surface area contributed by atoms with Crippen LogP contribution in [-0.4, -0.2) is 17.9 Å². The molecule has 1 heterocycles. The number of ether oxygens (including phenoxy) is 1. The average Bonchev–Trinajstić information content (AvgIpc) is 2.91. The summed E-state index contributed by atoms with van der Waals surface area (Å²) in [5.74, 6) is 0.791. The summed E-state index contributed by atoms with van der Waals surface area (Å²) < 4.78 is 7.07. The molecule has 3 nitrogen and oxygen atoms in total. The molecule has 0 radical (unpaired) electrons. The van der Waals surface area contributed by atoms with Gasteiger partial charge in [-0.2, -0.15) is 0 Å². The number of benzene rings is 2. The zero-order valence-corrected chi connectivity index (χ0v) is 13.7. The van der Waals surface area contributed by atoms with E-state index in [1.165, 1.54) is 11.3 Å². The van der Waals surface area contributed by atoms with Gasteiger partial charge < -0.3 is 4.74 Å². The van der Waals surface area contributed by atoms with Crippen LogP contribution < -0.4 is 4.74 Å². The molecule has 0 aliphatic rings. The molecule has 0 aliphatic carbocycles. The number of para-hydroxylation sites is 1. The second kappa shape index (κ2) is 5.95. The third kappa shape index (κ3) is 2.99. The SMILES string of the molecule is COc1ccc(CC(=O)c2nc3ccccc3s2)cc1Br. The normalized spacial score (nSPS) is 10.8. The van der Waals surface area contributed by atoms with Crippen molar-refractivity contribution in [2.24, 2.45) is 0 Å². The van der Waals surface area contributed by atoms with Crippen molar-refractivity contribution in [3.8, 4) is 5.75 Å². The molecule has 0 saturated carbocycles. The fourth-order valence-corrected chi connectivity index (χ4v) is 3.56. The number of rotatable bonds is 4. The van der Waals surface area contributed by atoms with Gasteiger partial charge in [0.05, 0.1) is 21.8 Å². The molecule has 0 fully saturated rings. The zero-order chi connectivity index (χ0) is 14.8. The molecular weight excluding hydrogens is 350 g/mol. The van der Waals surface area contributed by atoms with Crippen LogP contribution >= 0.6 is 27.3 Å². The number of aromatic nitrogens is 1. The Morgan fingerprint density at radius 2 is 2.10 bits per heavy atom. The van der Waals surface area contributed by atoms with Crippen molar-refractivity contribution in [2.45, 2.75) is 6.42 Å². The van der Waals surface area contributed by atoms with Crippen LogP contribution in [0.2, 0.25) is 0 Å². The van der Waals surface area contributed by atoms with E-state index in [1.54, 1.807) is 7.11 Å². The van der Waals surface area contributed by atoms with Gasteiger partial charge in [-0.15, -0.1) is 11.3 Å². The van der Waals surface area contributed by atoms with Gasteiger partial charge in [-0.05, 0) is 45.8 Å². The Morgan fingerprint density at radius 3 is 2.81 bits per heavy atom. The second-order valence-electron chi connectivity index (χ2n) is 4.56. The highest BCUT2D eigenvalue weighted by Gasteiger charge is 2.13. The van der Waals surface area contributed by atoms with E-state index in [4.69, 9.17) is 4.74 Å². The number of halogens is 1. The molecule has 2 aromatic carbocycles. The fourth-order valence-electron chi connectivity index (χ4n) is 2.07. The Labute approximate surface area is 134 Å². The van der Waals surface area contributed by atoms with Crippen LogP contribution in [-0.2, 0) is 6.42 Å². The summed E-state index contributed by atoms with van der Waals surface area (Å²) >= 11 is 4.87. The highest BCUT2D eigenvalue weighted by atomic mass is 79.9. The van der Waals surface area contributed by atoms with E-state index in [0.717, 1.165) is 26.0 Å². The van der Waals surface area contributed by atoms with E-state index in [0.29, 0.717) is 11.4 Å². The standard InChI is InChI=1S/C16H12BrNO2S/c1-20-14-7-6-10(8-11(14)17)9-13(19)16-18-12-4-2-3-5-15(12)21-16/h2-8H,9H2,1H3. The Bertz CT molecular complexity index is 780. The average molecular weight is 362 g/mol. The number of carbonyl (C=O) groups is 1. The molecule has 0 spiro atoms. The minimum absolute atomic E-state index is 0.0354. The maximum absolute atomic E-state index is 12.4. The van der Waals surface area contributed by atoms with E-state index in [1.807, 2.05) is 42.5 Å². The maximum atomic E-state index is 12.4. The van der Waals surface area contributed by atoms with Crippen molar-refractivity contribution in [1.29, 1.82) is 0 Å². The van der Waals surface area contributed by atoms with Crippen LogP contribution in [0.25, 0.3) is 10.2 Å². The van der Waals surface area contributed by atoms with Crippen molar-refractivity contribution in [3.05, 3.63) is 57.5 Å². The number of Topliss-reactive ketones (excluding diaryl/α,β-unsaturated/α-hetero) is 1. The molecule has 0 saturated heterocycles. The number of ketones is 1. The Kier molecular flexibility index (Phi) is 4.03. The smallest absolute Gasteiger partial charge is 0.195 e. The Hall–Kier alpha value is -1.72. The van der Waals surface area contributed by atoms with Gasteiger partial charge in [0.2, 0.25) is 0 Å². The number of hydrogen-bond acceptors (Lipinski definition) is 4. The molecule has 0 aliphatic heterocycles. The highest BCUT2D eigenvalue weighted by molar-refractivity contribution is 9.10. The number of hydrogen-bond donors (Lipinski definition) is 0. The molecule has 0 unspecified atom stereocenters. The van der Waals surface area contributed by atoms with Crippen LogP contribution in [0.5, 0.6) is 5.75 Å². The first kappa shape index (κ1) is 14.2. The maximum Gasteiger partial charge on any atom is 0.195 e. The molecule has 0 amide bonds. The number of fused-ring (bicyclic) bond motifs is 1. The second-order valence-corrected chi connectivity index (χ2v) is 6.44. The molecule has 3 aromatic rings. The molecule has 0 bridgehead atoms. The number of nitrogens with zero attached hydrogens (tertiary/aromatic N) is 1. The third-order valence-corrected chi connectivity index (χ3v) is 4.81. The summed E-state index contributed by atoms with van der Waals surface area (Å²) in [4.78, 5) is 16.7. The molecular formula is C16H12BrNO2S. The summed E-state index contributed by atoms with van der Waals surface area (Å²) in [6, 6.07) is 13.4. The van der Waals surface area contributed by atoms with Crippen molar-refractivity contribution in [1.82, 2.24) is 4.98 Å².